The number of aromatic nitrogens is 2. The van der Waals surface area contributed by atoms with E-state index in [1.807, 2.05) is 27.1 Å². The number of aryl methyl sites for hydroxylation is 1. The van der Waals surface area contributed by atoms with Gasteiger partial charge in [0.15, 0.2) is 0 Å². The number of imidazole rings is 1. The van der Waals surface area contributed by atoms with Gasteiger partial charge in [-0.2, -0.15) is 0 Å². The third-order valence-electron chi connectivity index (χ3n) is 3.89. The Balaban J connectivity index is 2.19. The van der Waals surface area contributed by atoms with Crippen LogP contribution in [-0.2, 0) is 28.9 Å². The number of esters is 1. The van der Waals surface area contributed by atoms with Crippen LogP contribution in [0.15, 0.2) is 6.33 Å². The van der Waals surface area contributed by atoms with E-state index in [0.717, 1.165) is 19.4 Å². The fourth-order valence-electron chi connectivity index (χ4n) is 2.88. The summed E-state index contributed by atoms with van der Waals surface area (Å²) in [6.45, 7) is 7.45. The van der Waals surface area contributed by atoms with Gasteiger partial charge < -0.3 is 14.6 Å². The Morgan fingerprint density at radius 1 is 1.45 bits per heavy atom. The number of ether oxygens (including phenoxy) is 1. The minimum absolute atomic E-state index is 0.194. The van der Waals surface area contributed by atoms with Crippen molar-refractivity contribution in [2.75, 3.05) is 13.2 Å². The molecule has 1 atom stereocenters. The van der Waals surface area contributed by atoms with E-state index in [1.54, 1.807) is 0 Å². The summed E-state index contributed by atoms with van der Waals surface area (Å²) >= 11 is 0. The molecule has 1 aliphatic rings. The van der Waals surface area contributed by atoms with Crippen LogP contribution in [0, 0.1) is 0 Å². The molecule has 1 aromatic heterocycles. The lowest BCUT2D eigenvalue weighted by molar-refractivity contribution is -0.151. The summed E-state index contributed by atoms with van der Waals surface area (Å²) < 4.78 is 7.34. The molecule has 5 heteroatoms. The number of likely N-dealkylation sites (N-methyl/N-ethyl adjacent to an activating group) is 1. The van der Waals surface area contributed by atoms with Gasteiger partial charge in [0.2, 0.25) is 0 Å². The Bertz CT molecular complexity index is 470. The molecule has 0 saturated carbocycles. The largest absolute Gasteiger partial charge is 0.465 e. The number of fused-ring (bicyclic) bond motifs is 1. The Morgan fingerprint density at radius 2 is 2.20 bits per heavy atom. The van der Waals surface area contributed by atoms with Crippen molar-refractivity contribution in [3.8, 4) is 0 Å². The van der Waals surface area contributed by atoms with E-state index in [2.05, 4.69) is 14.9 Å². The Kier molecular flexibility index (Phi) is 4.81. The van der Waals surface area contributed by atoms with Gasteiger partial charge in [0.25, 0.3) is 0 Å². The molecule has 0 radical (unpaired) electrons. The first-order valence-electron chi connectivity index (χ1n) is 7.56. The second-order valence-corrected chi connectivity index (χ2v) is 5.56. The van der Waals surface area contributed by atoms with Crippen molar-refractivity contribution in [1.29, 1.82) is 0 Å². The third kappa shape index (κ3) is 3.03. The zero-order chi connectivity index (χ0) is 14.6. The first kappa shape index (κ1) is 15.0. The smallest absolute Gasteiger partial charge is 0.327 e. The van der Waals surface area contributed by atoms with Gasteiger partial charge in [0.1, 0.15) is 5.54 Å². The standard InChI is InChI=1S/C15H25N3O2/c1-4-17-15(3,14(19)20-5-2)10-18-11-16-12-8-6-7-9-13(12)18/h11,17H,4-10H2,1-3H3. The van der Waals surface area contributed by atoms with Crippen LogP contribution in [0.1, 0.15) is 45.0 Å². The van der Waals surface area contributed by atoms with Crippen LogP contribution in [0.25, 0.3) is 0 Å². The van der Waals surface area contributed by atoms with Crippen LogP contribution in [0.3, 0.4) is 0 Å². The average Bonchev–Trinajstić information content (AvgIpc) is 2.83. The van der Waals surface area contributed by atoms with Crippen LogP contribution in [0.4, 0.5) is 0 Å². The lowest BCUT2D eigenvalue weighted by Crippen LogP contribution is -2.53. The highest BCUT2D eigenvalue weighted by Crippen LogP contribution is 2.22. The van der Waals surface area contributed by atoms with Gasteiger partial charge >= 0.3 is 5.97 Å². The summed E-state index contributed by atoms with van der Waals surface area (Å²) in [5.74, 6) is -0.194. The van der Waals surface area contributed by atoms with Gasteiger partial charge in [-0.15, -0.1) is 0 Å². The summed E-state index contributed by atoms with van der Waals surface area (Å²) in [5.41, 5.74) is 1.78. The van der Waals surface area contributed by atoms with Gasteiger partial charge in [-0.1, -0.05) is 6.92 Å². The maximum absolute atomic E-state index is 12.2. The lowest BCUT2D eigenvalue weighted by atomic mass is 9.99. The predicted molar refractivity (Wildman–Crippen MR) is 77.6 cm³/mol. The highest BCUT2D eigenvalue weighted by molar-refractivity contribution is 5.80. The first-order valence-corrected chi connectivity index (χ1v) is 7.56. The van der Waals surface area contributed by atoms with E-state index >= 15 is 0 Å². The van der Waals surface area contributed by atoms with Crippen molar-refractivity contribution in [3.63, 3.8) is 0 Å². The zero-order valence-corrected chi connectivity index (χ0v) is 12.7. The van der Waals surface area contributed by atoms with Crippen molar-refractivity contribution in [1.82, 2.24) is 14.9 Å². The molecular weight excluding hydrogens is 254 g/mol. The third-order valence-corrected chi connectivity index (χ3v) is 3.89. The quantitative estimate of drug-likeness (QED) is 0.805. The molecule has 20 heavy (non-hydrogen) atoms. The monoisotopic (exact) mass is 279 g/mol. The fourth-order valence-corrected chi connectivity index (χ4v) is 2.88. The molecule has 1 heterocycles. The van der Waals surface area contributed by atoms with E-state index in [-0.39, 0.29) is 5.97 Å². The maximum atomic E-state index is 12.2. The molecule has 0 amide bonds. The minimum Gasteiger partial charge on any atom is -0.465 e. The van der Waals surface area contributed by atoms with Crippen molar-refractivity contribution < 1.29 is 9.53 Å². The molecule has 5 nitrogen and oxygen atoms in total. The van der Waals surface area contributed by atoms with Crippen molar-refractivity contribution in [2.45, 2.75) is 58.5 Å². The molecule has 1 N–H and O–H groups in total. The molecule has 0 bridgehead atoms. The Morgan fingerprint density at radius 3 is 2.90 bits per heavy atom. The van der Waals surface area contributed by atoms with Crippen molar-refractivity contribution >= 4 is 5.97 Å². The summed E-state index contributed by atoms with van der Waals surface area (Å²) in [4.78, 5) is 16.7. The fraction of sp³-hybridized carbons (Fsp3) is 0.733. The summed E-state index contributed by atoms with van der Waals surface area (Å²) in [7, 11) is 0. The molecule has 0 saturated heterocycles. The average molecular weight is 279 g/mol. The molecular formula is C15H25N3O2. The number of carbonyl (C=O) groups is 1. The van der Waals surface area contributed by atoms with Gasteiger partial charge in [0.05, 0.1) is 25.2 Å². The summed E-state index contributed by atoms with van der Waals surface area (Å²) in [6.07, 6.45) is 6.40. The number of nitrogens with zero attached hydrogens (tertiary/aromatic N) is 2. The van der Waals surface area contributed by atoms with E-state index < -0.39 is 5.54 Å². The maximum Gasteiger partial charge on any atom is 0.327 e. The highest BCUT2D eigenvalue weighted by atomic mass is 16.5. The normalized spacial score (nSPS) is 17.4. The molecule has 0 spiro atoms. The molecule has 1 unspecified atom stereocenters. The molecule has 0 fully saturated rings. The Labute approximate surface area is 120 Å². The number of rotatable bonds is 6. The van der Waals surface area contributed by atoms with Gasteiger partial charge in [-0.05, 0) is 46.1 Å². The van der Waals surface area contributed by atoms with Crippen LogP contribution in [-0.4, -0.2) is 34.2 Å². The summed E-state index contributed by atoms with van der Waals surface area (Å²) in [6, 6.07) is 0. The second kappa shape index (κ2) is 6.39. The molecule has 2 rings (SSSR count). The second-order valence-electron chi connectivity index (χ2n) is 5.56. The first-order chi connectivity index (χ1) is 9.60. The van der Waals surface area contributed by atoms with E-state index in [9.17, 15) is 4.79 Å². The van der Waals surface area contributed by atoms with E-state index in [4.69, 9.17) is 4.74 Å². The van der Waals surface area contributed by atoms with Gasteiger partial charge in [0, 0.05) is 5.69 Å². The van der Waals surface area contributed by atoms with E-state index in [0.29, 0.717) is 13.2 Å². The van der Waals surface area contributed by atoms with Gasteiger partial charge in [-0.25, -0.2) is 9.78 Å². The number of carbonyl (C=O) groups excluding carboxylic acids is 1. The van der Waals surface area contributed by atoms with Gasteiger partial charge in [-0.3, -0.25) is 0 Å². The SMILES string of the molecule is CCNC(C)(Cn1cnc2c1CCCC2)C(=O)OCC. The minimum atomic E-state index is -0.698. The van der Waals surface area contributed by atoms with Crippen molar-refractivity contribution in [2.24, 2.45) is 0 Å². The number of hydrogen-bond acceptors (Lipinski definition) is 4. The summed E-state index contributed by atoms with van der Waals surface area (Å²) in [5, 5.41) is 3.27. The van der Waals surface area contributed by atoms with Crippen LogP contribution >= 0.6 is 0 Å². The zero-order valence-electron chi connectivity index (χ0n) is 12.7. The highest BCUT2D eigenvalue weighted by Gasteiger charge is 2.35. The topological polar surface area (TPSA) is 56.2 Å². The molecule has 0 aliphatic heterocycles. The predicted octanol–water partition coefficient (Wildman–Crippen LogP) is 1.69. The van der Waals surface area contributed by atoms with E-state index in [1.165, 1.54) is 24.2 Å². The van der Waals surface area contributed by atoms with Crippen molar-refractivity contribution in [3.05, 3.63) is 17.7 Å². The number of hydrogen-bond donors (Lipinski definition) is 1. The van der Waals surface area contributed by atoms with Crippen LogP contribution < -0.4 is 5.32 Å². The van der Waals surface area contributed by atoms with Crippen LogP contribution in [0.2, 0.25) is 0 Å². The molecule has 112 valence electrons. The number of nitrogens with one attached hydrogen (secondary N) is 1. The van der Waals surface area contributed by atoms with Crippen LogP contribution in [0.5, 0.6) is 0 Å². The Hall–Kier alpha value is -1.36. The molecule has 1 aliphatic carbocycles. The lowest BCUT2D eigenvalue weighted by Gasteiger charge is -2.29. The molecule has 1 aromatic rings. The molecule has 0 aromatic carbocycles.